The molecule has 1 aliphatic carbocycles. The molecule has 98 valence electrons. The van der Waals surface area contributed by atoms with Crippen molar-refractivity contribution in [2.75, 3.05) is 0 Å². The number of amides is 1. The van der Waals surface area contributed by atoms with Crippen LogP contribution in [0.3, 0.4) is 0 Å². The van der Waals surface area contributed by atoms with Crippen molar-refractivity contribution in [3.63, 3.8) is 0 Å². The minimum Gasteiger partial charge on any atom is -0.348 e. The van der Waals surface area contributed by atoms with Crippen LogP contribution in [0.4, 0.5) is 0 Å². The van der Waals surface area contributed by atoms with Crippen molar-refractivity contribution < 1.29 is 4.79 Å². The molecule has 0 radical (unpaired) electrons. The molecule has 0 spiro atoms. The summed E-state index contributed by atoms with van der Waals surface area (Å²) in [7, 11) is 0. The van der Waals surface area contributed by atoms with Gasteiger partial charge in [-0.05, 0) is 47.0 Å². The lowest BCUT2D eigenvalue weighted by Gasteiger charge is -2.29. The standard InChI is InChI=1S/C13H16Br2N2O/c14-8-5-6-9(10(15)7-8)13(18)17-12-4-2-1-3-11(12)16/h5-7,11-12H,1-4,16H2,(H,17,18)/t11-,12-/m1/s1. The number of hydrogen-bond donors (Lipinski definition) is 2. The van der Waals surface area contributed by atoms with Crippen LogP contribution in [-0.4, -0.2) is 18.0 Å². The summed E-state index contributed by atoms with van der Waals surface area (Å²) >= 11 is 6.78. The Labute approximate surface area is 124 Å². The molecule has 1 aromatic rings. The van der Waals surface area contributed by atoms with Crippen LogP contribution in [0.1, 0.15) is 36.0 Å². The van der Waals surface area contributed by atoms with Crippen LogP contribution in [-0.2, 0) is 0 Å². The number of carbonyl (C=O) groups excluding carboxylic acids is 1. The van der Waals surface area contributed by atoms with E-state index >= 15 is 0 Å². The van der Waals surface area contributed by atoms with Crippen LogP contribution in [0.25, 0.3) is 0 Å². The van der Waals surface area contributed by atoms with E-state index in [4.69, 9.17) is 5.73 Å². The second kappa shape index (κ2) is 6.17. The third-order valence-corrected chi connectivity index (χ3v) is 4.46. The van der Waals surface area contributed by atoms with Crippen molar-refractivity contribution >= 4 is 37.8 Å². The second-order valence-corrected chi connectivity index (χ2v) is 6.42. The smallest absolute Gasteiger partial charge is 0.252 e. The molecular weight excluding hydrogens is 360 g/mol. The van der Waals surface area contributed by atoms with Crippen molar-refractivity contribution in [1.29, 1.82) is 0 Å². The zero-order valence-electron chi connectivity index (χ0n) is 9.96. The highest BCUT2D eigenvalue weighted by atomic mass is 79.9. The average molecular weight is 376 g/mol. The maximum Gasteiger partial charge on any atom is 0.252 e. The molecule has 0 aromatic heterocycles. The molecule has 0 unspecified atom stereocenters. The van der Waals surface area contributed by atoms with Crippen molar-refractivity contribution in [3.05, 3.63) is 32.7 Å². The van der Waals surface area contributed by atoms with Crippen molar-refractivity contribution in [2.45, 2.75) is 37.8 Å². The highest BCUT2D eigenvalue weighted by Gasteiger charge is 2.24. The number of rotatable bonds is 2. The first-order chi connectivity index (χ1) is 8.58. The van der Waals surface area contributed by atoms with Gasteiger partial charge >= 0.3 is 0 Å². The van der Waals surface area contributed by atoms with E-state index in [2.05, 4.69) is 37.2 Å². The summed E-state index contributed by atoms with van der Waals surface area (Å²) in [5.74, 6) is -0.0586. The lowest BCUT2D eigenvalue weighted by molar-refractivity contribution is 0.0920. The van der Waals surface area contributed by atoms with Crippen LogP contribution in [0, 0.1) is 0 Å². The normalized spacial score (nSPS) is 23.7. The fourth-order valence-corrected chi connectivity index (χ4v) is 3.49. The van der Waals surface area contributed by atoms with E-state index in [1.807, 2.05) is 12.1 Å². The quantitative estimate of drug-likeness (QED) is 0.833. The highest BCUT2D eigenvalue weighted by Crippen LogP contribution is 2.23. The molecule has 3 nitrogen and oxygen atoms in total. The Balaban J connectivity index is 2.07. The van der Waals surface area contributed by atoms with Crippen molar-refractivity contribution in [2.24, 2.45) is 5.73 Å². The summed E-state index contributed by atoms with van der Waals surface area (Å²) in [6, 6.07) is 5.72. The topological polar surface area (TPSA) is 55.1 Å². The molecule has 1 aliphatic rings. The van der Waals surface area contributed by atoms with E-state index in [-0.39, 0.29) is 18.0 Å². The molecule has 0 heterocycles. The van der Waals surface area contributed by atoms with Gasteiger partial charge in [0.15, 0.2) is 0 Å². The van der Waals surface area contributed by atoms with Gasteiger partial charge in [0.25, 0.3) is 5.91 Å². The fraction of sp³-hybridized carbons (Fsp3) is 0.462. The Bertz CT molecular complexity index is 451. The number of carbonyl (C=O) groups is 1. The van der Waals surface area contributed by atoms with Crippen LogP contribution < -0.4 is 11.1 Å². The van der Waals surface area contributed by atoms with Crippen molar-refractivity contribution in [3.8, 4) is 0 Å². The zero-order chi connectivity index (χ0) is 13.1. The maximum absolute atomic E-state index is 12.2. The number of hydrogen-bond acceptors (Lipinski definition) is 2. The van der Waals surface area contributed by atoms with Crippen LogP contribution in [0.2, 0.25) is 0 Å². The Hall–Kier alpha value is -0.390. The monoisotopic (exact) mass is 374 g/mol. The third kappa shape index (κ3) is 3.33. The van der Waals surface area contributed by atoms with Gasteiger partial charge in [-0.15, -0.1) is 0 Å². The summed E-state index contributed by atoms with van der Waals surface area (Å²) in [6.45, 7) is 0. The predicted octanol–water partition coefficient (Wildman–Crippen LogP) is 3.21. The summed E-state index contributed by atoms with van der Waals surface area (Å²) in [5, 5.41) is 3.04. The summed E-state index contributed by atoms with van der Waals surface area (Å²) in [4.78, 5) is 12.2. The molecule has 1 saturated carbocycles. The Morgan fingerprint density at radius 2 is 2.00 bits per heavy atom. The highest BCUT2D eigenvalue weighted by molar-refractivity contribution is 9.11. The third-order valence-electron chi connectivity index (χ3n) is 3.31. The van der Waals surface area contributed by atoms with Gasteiger partial charge in [0, 0.05) is 21.0 Å². The number of benzene rings is 1. The summed E-state index contributed by atoms with van der Waals surface area (Å²) in [6.07, 6.45) is 4.27. The number of halogens is 2. The van der Waals surface area contributed by atoms with Gasteiger partial charge in [-0.25, -0.2) is 0 Å². The van der Waals surface area contributed by atoms with E-state index in [9.17, 15) is 4.79 Å². The number of nitrogens with one attached hydrogen (secondary N) is 1. The van der Waals surface area contributed by atoms with Gasteiger partial charge in [-0.1, -0.05) is 28.8 Å². The molecule has 0 saturated heterocycles. The summed E-state index contributed by atoms with van der Waals surface area (Å²) < 4.78 is 1.74. The first-order valence-electron chi connectivity index (χ1n) is 6.09. The molecule has 1 fully saturated rings. The molecule has 5 heteroatoms. The first-order valence-corrected chi connectivity index (χ1v) is 7.68. The molecule has 2 rings (SSSR count). The first kappa shape index (κ1) is 14.0. The van der Waals surface area contributed by atoms with Gasteiger partial charge in [0.1, 0.15) is 0 Å². The van der Waals surface area contributed by atoms with Crippen LogP contribution in [0.15, 0.2) is 27.1 Å². The fourth-order valence-electron chi connectivity index (χ4n) is 2.26. The van der Waals surface area contributed by atoms with E-state index < -0.39 is 0 Å². The number of nitrogens with two attached hydrogens (primary N) is 1. The molecule has 18 heavy (non-hydrogen) atoms. The SMILES string of the molecule is N[C@@H]1CCCC[C@H]1NC(=O)c1ccc(Br)cc1Br. The van der Waals surface area contributed by atoms with Gasteiger partial charge in [-0.3, -0.25) is 4.79 Å². The average Bonchev–Trinajstić information content (AvgIpc) is 2.32. The minimum atomic E-state index is -0.0586. The Morgan fingerprint density at radius 3 is 2.67 bits per heavy atom. The van der Waals surface area contributed by atoms with E-state index in [1.165, 1.54) is 0 Å². The zero-order valence-corrected chi connectivity index (χ0v) is 13.1. The van der Waals surface area contributed by atoms with Crippen molar-refractivity contribution in [1.82, 2.24) is 5.32 Å². The molecule has 2 atom stereocenters. The largest absolute Gasteiger partial charge is 0.348 e. The maximum atomic E-state index is 12.2. The van der Waals surface area contributed by atoms with Gasteiger partial charge in [0.05, 0.1) is 5.56 Å². The van der Waals surface area contributed by atoms with E-state index in [0.717, 1.165) is 34.6 Å². The van der Waals surface area contributed by atoms with Gasteiger partial charge < -0.3 is 11.1 Å². The lowest BCUT2D eigenvalue weighted by Crippen LogP contribution is -2.49. The Kier molecular flexibility index (Phi) is 4.81. The van der Waals surface area contributed by atoms with Crippen LogP contribution in [0.5, 0.6) is 0 Å². The lowest BCUT2D eigenvalue weighted by atomic mass is 9.91. The Morgan fingerprint density at radius 1 is 1.28 bits per heavy atom. The molecule has 0 bridgehead atoms. The molecular formula is C13H16Br2N2O. The van der Waals surface area contributed by atoms with E-state index in [1.54, 1.807) is 6.07 Å². The predicted molar refractivity (Wildman–Crippen MR) is 79.5 cm³/mol. The molecule has 1 amide bonds. The van der Waals surface area contributed by atoms with Crippen LogP contribution >= 0.6 is 31.9 Å². The van der Waals surface area contributed by atoms with E-state index in [0.29, 0.717) is 5.56 Å². The second-order valence-electron chi connectivity index (χ2n) is 4.65. The summed E-state index contributed by atoms with van der Waals surface area (Å²) in [5.41, 5.74) is 6.68. The molecule has 3 N–H and O–H groups in total. The van der Waals surface area contributed by atoms with Gasteiger partial charge in [0.2, 0.25) is 0 Å². The molecule has 0 aliphatic heterocycles. The minimum absolute atomic E-state index is 0.0586. The molecule has 1 aromatic carbocycles. The van der Waals surface area contributed by atoms with Gasteiger partial charge in [-0.2, -0.15) is 0 Å².